The number of hydrogen-bond donors (Lipinski definition) is 1. The lowest BCUT2D eigenvalue weighted by atomic mass is 9.95. The van der Waals surface area contributed by atoms with E-state index in [1.807, 2.05) is 31.4 Å². The number of aryl methyl sites for hydroxylation is 1. The van der Waals surface area contributed by atoms with Crippen LogP contribution < -0.4 is 5.73 Å². The molecule has 0 aliphatic carbocycles. The molecule has 0 amide bonds. The summed E-state index contributed by atoms with van der Waals surface area (Å²) in [4.78, 5) is 0. The van der Waals surface area contributed by atoms with Crippen molar-refractivity contribution < 1.29 is 0 Å². The average molecular weight is 295 g/mol. The van der Waals surface area contributed by atoms with Gasteiger partial charge in [0, 0.05) is 30.1 Å². The fourth-order valence-electron chi connectivity index (χ4n) is 1.87. The van der Waals surface area contributed by atoms with Gasteiger partial charge in [-0.05, 0) is 18.2 Å². The van der Waals surface area contributed by atoms with E-state index < -0.39 is 0 Å². The summed E-state index contributed by atoms with van der Waals surface area (Å²) >= 11 is 3.56. The van der Waals surface area contributed by atoms with Crippen LogP contribution in [0, 0.1) is 0 Å². The van der Waals surface area contributed by atoms with Crippen LogP contribution in [-0.2, 0) is 13.5 Å². The predicted molar refractivity (Wildman–Crippen MR) is 70.6 cm³/mol. The van der Waals surface area contributed by atoms with Gasteiger partial charge in [-0.3, -0.25) is 4.68 Å². The maximum absolute atomic E-state index is 5.85. The Morgan fingerprint density at radius 3 is 2.76 bits per heavy atom. The van der Waals surface area contributed by atoms with Crippen molar-refractivity contribution in [3.8, 4) is 0 Å². The molecule has 2 N–H and O–H groups in total. The third-order valence-electron chi connectivity index (χ3n) is 2.74. The number of hydrogen-bond acceptors (Lipinski definition) is 3. The fourth-order valence-corrected chi connectivity index (χ4v) is 2.48. The largest absolute Gasteiger partial charge is 0.330 e. The maximum Gasteiger partial charge on any atom is 0.0833 e. The minimum atomic E-state index is 0.266. The standard InChI is InChI=1S/C12H15BrN4/c1-17-8-10(15-16-17)6-9(7-14)11-4-2-3-5-12(11)13/h2-5,8-9H,6-7,14H2,1H3. The van der Waals surface area contributed by atoms with E-state index >= 15 is 0 Å². The van der Waals surface area contributed by atoms with Crippen LogP contribution in [0.4, 0.5) is 0 Å². The maximum atomic E-state index is 5.85. The molecule has 5 heteroatoms. The molecule has 0 bridgehead atoms. The van der Waals surface area contributed by atoms with E-state index in [-0.39, 0.29) is 5.92 Å². The van der Waals surface area contributed by atoms with E-state index in [0.29, 0.717) is 6.54 Å². The van der Waals surface area contributed by atoms with Crippen LogP contribution in [0.5, 0.6) is 0 Å². The number of benzene rings is 1. The number of nitrogens with two attached hydrogens (primary N) is 1. The predicted octanol–water partition coefficient (Wildman–Crippen LogP) is 1.86. The van der Waals surface area contributed by atoms with Gasteiger partial charge in [-0.2, -0.15) is 0 Å². The molecule has 1 aromatic heterocycles. The van der Waals surface area contributed by atoms with Crippen molar-refractivity contribution >= 4 is 15.9 Å². The number of aromatic nitrogens is 3. The molecule has 90 valence electrons. The van der Waals surface area contributed by atoms with Crippen molar-refractivity contribution in [1.82, 2.24) is 15.0 Å². The molecule has 2 rings (SSSR count). The molecule has 0 spiro atoms. The van der Waals surface area contributed by atoms with E-state index in [9.17, 15) is 0 Å². The summed E-state index contributed by atoms with van der Waals surface area (Å²) < 4.78 is 2.81. The Kier molecular flexibility index (Phi) is 3.91. The summed E-state index contributed by atoms with van der Waals surface area (Å²) in [5.74, 6) is 0.266. The molecule has 4 nitrogen and oxygen atoms in total. The first-order valence-corrected chi connectivity index (χ1v) is 6.29. The molecule has 0 saturated heterocycles. The Labute approximate surface area is 109 Å². The highest BCUT2D eigenvalue weighted by molar-refractivity contribution is 9.10. The number of rotatable bonds is 4. The first-order chi connectivity index (χ1) is 8.20. The second kappa shape index (κ2) is 5.42. The van der Waals surface area contributed by atoms with Gasteiger partial charge in [0.05, 0.1) is 5.69 Å². The van der Waals surface area contributed by atoms with Crippen molar-refractivity contribution in [3.05, 3.63) is 46.2 Å². The summed E-state index contributed by atoms with van der Waals surface area (Å²) in [7, 11) is 1.87. The first kappa shape index (κ1) is 12.3. The van der Waals surface area contributed by atoms with Gasteiger partial charge in [0.1, 0.15) is 0 Å². The molecule has 1 aromatic carbocycles. The highest BCUT2D eigenvalue weighted by Crippen LogP contribution is 2.26. The van der Waals surface area contributed by atoms with Crippen LogP contribution in [0.25, 0.3) is 0 Å². The third-order valence-corrected chi connectivity index (χ3v) is 3.46. The molecule has 17 heavy (non-hydrogen) atoms. The van der Waals surface area contributed by atoms with Crippen LogP contribution in [0.3, 0.4) is 0 Å². The summed E-state index contributed by atoms with van der Waals surface area (Å²) in [6.07, 6.45) is 2.74. The Hall–Kier alpha value is -1.20. The summed E-state index contributed by atoms with van der Waals surface area (Å²) in [5, 5.41) is 8.04. The summed E-state index contributed by atoms with van der Waals surface area (Å²) in [5.41, 5.74) is 8.05. The molecule has 0 saturated carbocycles. The Bertz CT molecular complexity index is 495. The topological polar surface area (TPSA) is 56.7 Å². The third kappa shape index (κ3) is 2.92. The van der Waals surface area contributed by atoms with E-state index in [2.05, 4.69) is 32.3 Å². The molecule has 0 aliphatic heterocycles. The van der Waals surface area contributed by atoms with Gasteiger partial charge < -0.3 is 5.73 Å². The van der Waals surface area contributed by atoms with Gasteiger partial charge in [0.15, 0.2) is 0 Å². The molecule has 0 aliphatic rings. The second-order valence-electron chi connectivity index (χ2n) is 4.04. The van der Waals surface area contributed by atoms with Gasteiger partial charge in [-0.25, -0.2) is 0 Å². The monoisotopic (exact) mass is 294 g/mol. The molecular weight excluding hydrogens is 280 g/mol. The van der Waals surface area contributed by atoms with Gasteiger partial charge >= 0.3 is 0 Å². The average Bonchev–Trinajstić information content (AvgIpc) is 2.73. The SMILES string of the molecule is Cn1cc(CC(CN)c2ccccc2Br)nn1. The molecule has 1 heterocycles. The van der Waals surface area contributed by atoms with Crippen LogP contribution in [0.15, 0.2) is 34.9 Å². The van der Waals surface area contributed by atoms with Gasteiger partial charge in [0.2, 0.25) is 0 Å². The Morgan fingerprint density at radius 2 is 2.18 bits per heavy atom. The van der Waals surface area contributed by atoms with Crippen LogP contribution >= 0.6 is 15.9 Å². The molecule has 1 unspecified atom stereocenters. The van der Waals surface area contributed by atoms with E-state index in [4.69, 9.17) is 5.73 Å². The highest BCUT2D eigenvalue weighted by Gasteiger charge is 2.14. The van der Waals surface area contributed by atoms with Gasteiger partial charge in [0.25, 0.3) is 0 Å². The van der Waals surface area contributed by atoms with Gasteiger partial charge in [-0.1, -0.05) is 39.3 Å². The van der Waals surface area contributed by atoms with Crippen molar-refractivity contribution in [1.29, 1.82) is 0 Å². The second-order valence-corrected chi connectivity index (χ2v) is 4.90. The molecule has 0 radical (unpaired) electrons. The zero-order chi connectivity index (χ0) is 12.3. The lowest BCUT2D eigenvalue weighted by molar-refractivity contribution is 0.674. The smallest absolute Gasteiger partial charge is 0.0833 e. The highest BCUT2D eigenvalue weighted by atomic mass is 79.9. The molecular formula is C12H15BrN4. The summed E-state index contributed by atoms with van der Waals surface area (Å²) in [6.45, 7) is 0.596. The Morgan fingerprint density at radius 1 is 1.41 bits per heavy atom. The minimum Gasteiger partial charge on any atom is -0.330 e. The van der Waals surface area contributed by atoms with Crippen LogP contribution in [0.1, 0.15) is 17.2 Å². The van der Waals surface area contributed by atoms with Crippen LogP contribution in [0.2, 0.25) is 0 Å². The van der Waals surface area contributed by atoms with Crippen molar-refractivity contribution in [2.24, 2.45) is 12.8 Å². The van der Waals surface area contributed by atoms with Gasteiger partial charge in [-0.15, -0.1) is 5.10 Å². The lowest BCUT2D eigenvalue weighted by Crippen LogP contribution is -2.15. The normalized spacial score (nSPS) is 12.6. The quantitative estimate of drug-likeness (QED) is 0.936. The van der Waals surface area contributed by atoms with E-state index in [1.165, 1.54) is 5.56 Å². The van der Waals surface area contributed by atoms with Crippen molar-refractivity contribution in [3.63, 3.8) is 0 Å². The van der Waals surface area contributed by atoms with Crippen molar-refractivity contribution in [2.45, 2.75) is 12.3 Å². The lowest BCUT2D eigenvalue weighted by Gasteiger charge is -2.15. The van der Waals surface area contributed by atoms with Crippen LogP contribution in [-0.4, -0.2) is 21.5 Å². The van der Waals surface area contributed by atoms with E-state index in [1.54, 1.807) is 4.68 Å². The summed E-state index contributed by atoms with van der Waals surface area (Å²) in [6, 6.07) is 8.16. The molecule has 1 atom stereocenters. The number of nitrogens with zero attached hydrogens (tertiary/aromatic N) is 3. The molecule has 2 aromatic rings. The van der Waals surface area contributed by atoms with E-state index in [0.717, 1.165) is 16.6 Å². The fraction of sp³-hybridized carbons (Fsp3) is 0.333. The minimum absolute atomic E-state index is 0.266. The molecule has 0 fully saturated rings. The zero-order valence-corrected chi connectivity index (χ0v) is 11.3. The first-order valence-electron chi connectivity index (χ1n) is 5.50. The number of halogens is 1. The zero-order valence-electron chi connectivity index (χ0n) is 9.68. The van der Waals surface area contributed by atoms with Crippen molar-refractivity contribution in [2.75, 3.05) is 6.54 Å². The Balaban J connectivity index is 2.20.